The maximum absolute atomic E-state index is 5.80. The van der Waals surface area contributed by atoms with Crippen molar-refractivity contribution in [3.05, 3.63) is 0 Å². The normalized spacial score (nSPS) is 14.1. The summed E-state index contributed by atoms with van der Waals surface area (Å²) in [5.74, 6) is 3.22. The van der Waals surface area contributed by atoms with Crippen molar-refractivity contribution in [2.24, 2.45) is 0 Å². The molecule has 0 bridgehead atoms. The third-order valence-electron chi connectivity index (χ3n) is 1.86. The molecule has 0 aromatic rings. The van der Waals surface area contributed by atoms with Gasteiger partial charge in [0.25, 0.3) is 0 Å². The van der Waals surface area contributed by atoms with Crippen LogP contribution in [0.25, 0.3) is 0 Å². The molecule has 6 heteroatoms. The molecule has 0 aromatic heterocycles. The average Bonchev–Trinajstić information content (AvgIpc) is 2.11. The molecule has 0 N–H and O–H groups in total. The van der Waals surface area contributed by atoms with Crippen LogP contribution in [0.2, 0.25) is 25.7 Å². The Balaban J connectivity index is 4.20. The van der Waals surface area contributed by atoms with Gasteiger partial charge in [0, 0.05) is 12.7 Å². The Morgan fingerprint density at radius 2 is 1.76 bits per heavy atom. The van der Waals surface area contributed by atoms with Crippen LogP contribution in [0.5, 0.6) is 0 Å². The molecule has 0 saturated carbocycles. The lowest BCUT2D eigenvalue weighted by molar-refractivity contribution is 0.0963. The molecule has 0 rings (SSSR count). The minimum absolute atomic E-state index is 0.00641. The molecule has 1 unspecified atom stereocenters. The molecule has 0 aliphatic rings. The lowest BCUT2D eigenvalue weighted by atomic mass is 10.2. The van der Waals surface area contributed by atoms with Crippen LogP contribution in [0.3, 0.4) is 0 Å². The van der Waals surface area contributed by atoms with Gasteiger partial charge in [0.05, 0.1) is 0 Å². The molecule has 0 aliphatic carbocycles. The number of rotatable bonds is 6. The van der Waals surface area contributed by atoms with Gasteiger partial charge < -0.3 is 4.74 Å². The highest BCUT2D eigenvalue weighted by molar-refractivity contribution is 7.64. The highest BCUT2D eigenvalue weighted by atomic mass is 35.8. The highest BCUT2D eigenvalue weighted by Crippen LogP contribution is 2.24. The van der Waals surface area contributed by atoms with Crippen LogP contribution in [-0.4, -0.2) is 26.8 Å². The Morgan fingerprint density at radius 1 is 1.18 bits per heavy atom. The second-order valence-corrected chi connectivity index (χ2v) is 19.1. The molecular weight excluding hydrogens is 311 g/mol. The van der Waals surface area contributed by atoms with Crippen molar-refractivity contribution in [1.82, 2.24) is 0 Å². The van der Waals surface area contributed by atoms with Gasteiger partial charge in [-0.2, -0.15) is 0 Å². The topological polar surface area (TPSA) is 9.23 Å². The fourth-order valence-corrected chi connectivity index (χ4v) is 2.71. The van der Waals surface area contributed by atoms with Crippen LogP contribution in [-0.2, 0) is 4.74 Å². The van der Waals surface area contributed by atoms with Crippen molar-refractivity contribution in [3.63, 3.8) is 0 Å². The Bertz CT molecular complexity index is 273. The van der Waals surface area contributed by atoms with E-state index in [2.05, 4.69) is 38.0 Å². The molecule has 0 radical (unpaired) electrons. The highest BCUT2D eigenvalue weighted by Gasteiger charge is 2.24. The van der Waals surface area contributed by atoms with E-state index in [0.717, 1.165) is 12.8 Å². The monoisotopic (exact) mass is 330 g/mol. The first-order chi connectivity index (χ1) is 7.64. The van der Waals surface area contributed by atoms with Crippen LogP contribution < -0.4 is 0 Å². The summed E-state index contributed by atoms with van der Waals surface area (Å²) in [4.78, 5) is 0. The Kier molecular flexibility index (Phi) is 8.48. The molecule has 0 aliphatic heterocycles. The van der Waals surface area contributed by atoms with E-state index in [4.69, 9.17) is 38.0 Å². The minimum atomic E-state index is -2.55. The molecule has 1 atom stereocenters. The number of ether oxygens (including phenoxy) is 1. The number of hydrogen-bond donors (Lipinski definition) is 0. The van der Waals surface area contributed by atoms with Gasteiger partial charge in [0.2, 0.25) is 0 Å². The van der Waals surface area contributed by atoms with Gasteiger partial charge in [0.1, 0.15) is 14.2 Å². The molecule has 0 saturated heterocycles. The maximum atomic E-state index is 5.80. The van der Waals surface area contributed by atoms with Crippen molar-refractivity contribution in [3.8, 4) is 11.5 Å². The van der Waals surface area contributed by atoms with Gasteiger partial charge in [-0.15, -0.1) is 38.8 Å². The quantitative estimate of drug-likeness (QED) is 0.389. The summed E-state index contributed by atoms with van der Waals surface area (Å²) < 4.78 is 5.68. The van der Waals surface area contributed by atoms with Gasteiger partial charge in [-0.3, -0.25) is 0 Å². The second-order valence-electron chi connectivity index (χ2n) is 5.03. The van der Waals surface area contributed by atoms with Gasteiger partial charge >= 0.3 is 6.00 Å². The van der Waals surface area contributed by atoms with E-state index in [1.165, 1.54) is 0 Å². The smallest absolute Gasteiger partial charge is 0.343 e. The van der Waals surface area contributed by atoms with Crippen LogP contribution in [0.4, 0.5) is 0 Å². The van der Waals surface area contributed by atoms with E-state index in [1.807, 2.05) is 0 Å². The molecule has 0 spiro atoms. The molecule has 17 heavy (non-hydrogen) atoms. The number of halogens is 3. The van der Waals surface area contributed by atoms with Gasteiger partial charge in [-0.05, 0) is 6.42 Å². The fraction of sp³-hybridized carbons (Fsp3) is 0.818. The van der Waals surface area contributed by atoms with Crippen LogP contribution >= 0.6 is 33.2 Å². The van der Waals surface area contributed by atoms with Gasteiger partial charge in [-0.25, -0.2) is 0 Å². The summed E-state index contributed by atoms with van der Waals surface area (Å²) in [6.07, 6.45) is 1.99. The third kappa shape index (κ3) is 13.1. The zero-order valence-corrected chi connectivity index (χ0v) is 15.2. The number of hydrogen-bond acceptors (Lipinski definition) is 1. The van der Waals surface area contributed by atoms with Gasteiger partial charge in [0.15, 0.2) is 0 Å². The van der Waals surface area contributed by atoms with Crippen LogP contribution in [0.1, 0.15) is 19.8 Å². The van der Waals surface area contributed by atoms with E-state index in [-0.39, 0.29) is 6.10 Å². The van der Waals surface area contributed by atoms with Gasteiger partial charge in [-0.1, -0.05) is 38.9 Å². The standard InChI is InChI=1S/C11H21Cl3OSi2/c1-5-6-11(7-9-16(2,3)4)15-8-10-17(12,13)14/h11H,5-6,8,10H2,1-4H3. The lowest BCUT2D eigenvalue weighted by Gasteiger charge is -2.14. The van der Waals surface area contributed by atoms with E-state index in [9.17, 15) is 0 Å². The van der Waals surface area contributed by atoms with E-state index >= 15 is 0 Å². The van der Waals surface area contributed by atoms with Crippen molar-refractivity contribution in [2.45, 2.75) is 51.6 Å². The predicted octanol–water partition coefficient (Wildman–Crippen LogP) is 4.71. The van der Waals surface area contributed by atoms with Crippen molar-refractivity contribution < 1.29 is 4.74 Å². The largest absolute Gasteiger partial charge is 0.366 e. The summed E-state index contributed by atoms with van der Waals surface area (Å²) in [6.45, 7) is 9.27. The average molecular weight is 332 g/mol. The van der Waals surface area contributed by atoms with Crippen molar-refractivity contribution in [2.75, 3.05) is 6.61 Å². The minimum Gasteiger partial charge on any atom is -0.366 e. The van der Waals surface area contributed by atoms with Crippen LogP contribution in [0, 0.1) is 11.5 Å². The molecule has 0 heterocycles. The summed E-state index contributed by atoms with van der Waals surface area (Å²) in [5.41, 5.74) is 3.33. The van der Waals surface area contributed by atoms with E-state index < -0.39 is 14.1 Å². The molecule has 0 aromatic carbocycles. The molecule has 0 amide bonds. The van der Waals surface area contributed by atoms with Crippen molar-refractivity contribution >= 4 is 47.3 Å². The fourth-order valence-electron chi connectivity index (χ4n) is 1.07. The SMILES string of the molecule is CCCC(C#C[Si](C)(C)C)OCC[Si](Cl)(Cl)Cl. The molecular formula is C11H21Cl3OSi2. The summed E-state index contributed by atoms with van der Waals surface area (Å²) >= 11 is 17.4. The first kappa shape index (κ1) is 17.8. The zero-order chi connectivity index (χ0) is 13.5. The summed E-state index contributed by atoms with van der Waals surface area (Å²) in [6, 6.07) is -2.02. The molecule has 100 valence electrons. The van der Waals surface area contributed by atoms with E-state index in [1.54, 1.807) is 0 Å². The zero-order valence-electron chi connectivity index (χ0n) is 10.9. The Labute approximate surface area is 121 Å². The second kappa shape index (κ2) is 8.09. The summed E-state index contributed by atoms with van der Waals surface area (Å²) in [5, 5.41) is 0. The summed E-state index contributed by atoms with van der Waals surface area (Å²) in [7, 11) is -1.34. The predicted molar refractivity (Wildman–Crippen MR) is 83.9 cm³/mol. The molecule has 1 nitrogen and oxygen atoms in total. The van der Waals surface area contributed by atoms with Crippen molar-refractivity contribution in [1.29, 1.82) is 0 Å². The Hall–Kier alpha value is 0.824. The maximum Gasteiger partial charge on any atom is 0.343 e. The van der Waals surface area contributed by atoms with Crippen LogP contribution in [0.15, 0.2) is 0 Å². The molecule has 0 fully saturated rings. The lowest BCUT2D eigenvalue weighted by Crippen LogP contribution is -2.20. The first-order valence-corrected chi connectivity index (χ1v) is 14.6. The first-order valence-electron chi connectivity index (χ1n) is 5.85. The Morgan fingerprint density at radius 3 is 2.18 bits per heavy atom. The van der Waals surface area contributed by atoms with E-state index in [0.29, 0.717) is 12.7 Å². The third-order valence-corrected chi connectivity index (χ3v) is 5.23.